The molecular weight excluding hydrogens is 412 g/mol. The van der Waals surface area contributed by atoms with Crippen molar-refractivity contribution < 1.29 is 17.9 Å². The van der Waals surface area contributed by atoms with Crippen molar-refractivity contribution in [2.24, 2.45) is 0 Å². The number of benzene rings is 2. The molecular formula is C24H30N2O4S. The third-order valence-corrected chi connectivity index (χ3v) is 8.18. The highest BCUT2D eigenvalue weighted by atomic mass is 32.2. The van der Waals surface area contributed by atoms with Gasteiger partial charge in [-0.15, -0.1) is 0 Å². The van der Waals surface area contributed by atoms with Crippen molar-refractivity contribution in [3.8, 4) is 5.75 Å². The summed E-state index contributed by atoms with van der Waals surface area (Å²) in [7, 11) is -2.29. The monoisotopic (exact) mass is 442 g/mol. The van der Waals surface area contributed by atoms with Crippen LogP contribution in [0.5, 0.6) is 5.75 Å². The first-order chi connectivity index (χ1) is 14.9. The number of carbonyl (C=O) groups is 1. The molecule has 1 amide bonds. The van der Waals surface area contributed by atoms with Crippen LogP contribution in [0.3, 0.4) is 0 Å². The van der Waals surface area contributed by atoms with Gasteiger partial charge in [-0.25, -0.2) is 8.42 Å². The zero-order chi connectivity index (χ0) is 22.0. The number of para-hydroxylation sites is 1. The van der Waals surface area contributed by atoms with Crippen LogP contribution in [0.4, 0.5) is 5.69 Å². The number of amides is 1. The first-order valence-corrected chi connectivity index (χ1v) is 12.5. The van der Waals surface area contributed by atoms with Gasteiger partial charge >= 0.3 is 0 Å². The van der Waals surface area contributed by atoms with Crippen LogP contribution in [-0.4, -0.2) is 45.4 Å². The van der Waals surface area contributed by atoms with E-state index in [4.69, 9.17) is 4.74 Å². The van der Waals surface area contributed by atoms with Crippen LogP contribution in [0.1, 0.15) is 53.6 Å². The van der Waals surface area contributed by atoms with E-state index in [0.717, 1.165) is 55.3 Å². The molecule has 2 aliphatic rings. The second-order valence-electron chi connectivity index (χ2n) is 8.33. The third-order valence-electron chi connectivity index (χ3n) is 6.26. The molecule has 6 nitrogen and oxygen atoms in total. The zero-order valence-electron chi connectivity index (χ0n) is 18.3. The lowest BCUT2D eigenvalue weighted by atomic mass is 9.97. The van der Waals surface area contributed by atoms with Gasteiger partial charge in [0.05, 0.1) is 12.8 Å². The number of hydrogen-bond donors (Lipinski definition) is 0. The fourth-order valence-corrected chi connectivity index (χ4v) is 6.34. The van der Waals surface area contributed by atoms with Crippen LogP contribution in [0, 0.1) is 6.92 Å². The lowest BCUT2D eigenvalue weighted by Crippen LogP contribution is -2.36. The van der Waals surface area contributed by atoms with E-state index in [2.05, 4.69) is 6.07 Å². The summed E-state index contributed by atoms with van der Waals surface area (Å²) in [6.07, 6.45) is 5.61. The summed E-state index contributed by atoms with van der Waals surface area (Å²) in [4.78, 5) is 15.4. The van der Waals surface area contributed by atoms with Crippen molar-refractivity contribution >= 4 is 21.6 Å². The number of rotatable bonds is 4. The molecule has 7 heteroatoms. The zero-order valence-corrected chi connectivity index (χ0v) is 19.1. The van der Waals surface area contributed by atoms with E-state index in [1.165, 1.54) is 17.5 Å². The summed E-state index contributed by atoms with van der Waals surface area (Å²) in [5.74, 6) is 0.0984. The summed E-state index contributed by atoms with van der Waals surface area (Å²) in [5, 5.41) is 0. The van der Waals surface area contributed by atoms with Crippen LogP contribution in [-0.2, 0) is 16.4 Å². The summed E-state index contributed by atoms with van der Waals surface area (Å²) in [5.41, 5.74) is 3.53. The van der Waals surface area contributed by atoms with E-state index in [-0.39, 0.29) is 16.6 Å². The van der Waals surface area contributed by atoms with Gasteiger partial charge in [0.1, 0.15) is 10.6 Å². The molecule has 0 bridgehead atoms. The molecule has 0 radical (unpaired) electrons. The fourth-order valence-electron chi connectivity index (χ4n) is 4.64. The maximum absolute atomic E-state index is 13.5. The minimum absolute atomic E-state index is 0.0739. The number of carbonyl (C=O) groups excluding carboxylic acids is 1. The van der Waals surface area contributed by atoms with Crippen LogP contribution in [0.25, 0.3) is 0 Å². The Morgan fingerprint density at radius 1 is 0.968 bits per heavy atom. The van der Waals surface area contributed by atoms with Crippen molar-refractivity contribution in [3.63, 3.8) is 0 Å². The molecule has 0 unspecified atom stereocenters. The highest BCUT2D eigenvalue weighted by Gasteiger charge is 2.31. The number of sulfonamides is 1. The summed E-state index contributed by atoms with van der Waals surface area (Å²) >= 11 is 0. The Hall–Kier alpha value is -2.38. The van der Waals surface area contributed by atoms with E-state index in [1.54, 1.807) is 17.0 Å². The van der Waals surface area contributed by atoms with E-state index in [9.17, 15) is 13.2 Å². The normalized spacial score (nSPS) is 17.7. The van der Waals surface area contributed by atoms with E-state index in [1.807, 2.05) is 19.1 Å². The van der Waals surface area contributed by atoms with Crippen LogP contribution < -0.4 is 9.64 Å². The Bertz CT molecular complexity index is 1070. The van der Waals surface area contributed by atoms with E-state index < -0.39 is 10.0 Å². The second-order valence-corrected chi connectivity index (χ2v) is 10.2. The molecule has 4 rings (SSSR count). The Labute approximate surface area is 184 Å². The van der Waals surface area contributed by atoms with Crippen molar-refractivity contribution in [2.75, 3.05) is 31.6 Å². The molecule has 1 saturated heterocycles. The molecule has 0 N–H and O–H groups in total. The highest BCUT2D eigenvalue weighted by molar-refractivity contribution is 7.89. The maximum atomic E-state index is 13.5. The molecule has 0 spiro atoms. The SMILES string of the molecule is COc1ccc(C(=O)N2CCCc3cccc(C)c32)cc1S(=O)(=O)N1CCCCCC1. The largest absolute Gasteiger partial charge is 0.495 e. The number of anilines is 1. The molecule has 1 fully saturated rings. The standard InChI is InChI=1S/C24H30N2O4S/c1-18-9-7-10-19-11-8-16-26(23(18)19)24(27)20-12-13-21(30-2)22(17-20)31(28,29)25-14-5-3-4-6-15-25/h7,9-10,12-13,17H,3-6,8,11,14-16H2,1-2H3. The lowest BCUT2D eigenvalue weighted by Gasteiger charge is -2.31. The van der Waals surface area contributed by atoms with Gasteiger partial charge in [0.15, 0.2) is 0 Å². The molecule has 166 valence electrons. The fraction of sp³-hybridized carbons (Fsp3) is 0.458. The summed E-state index contributed by atoms with van der Waals surface area (Å²) in [6, 6.07) is 10.8. The predicted molar refractivity (Wildman–Crippen MR) is 121 cm³/mol. The summed E-state index contributed by atoms with van der Waals surface area (Å²) in [6.45, 7) is 3.63. The smallest absolute Gasteiger partial charge is 0.258 e. The lowest BCUT2D eigenvalue weighted by molar-refractivity contribution is 0.0984. The molecule has 31 heavy (non-hydrogen) atoms. The van der Waals surface area contributed by atoms with E-state index in [0.29, 0.717) is 25.2 Å². The van der Waals surface area contributed by atoms with E-state index >= 15 is 0 Å². The molecule has 0 atom stereocenters. The van der Waals surface area contributed by atoms with Crippen molar-refractivity contribution in [1.29, 1.82) is 0 Å². The van der Waals surface area contributed by atoms with Crippen LogP contribution in [0.15, 0.2) is 41.3 Å². The maximum Gasteiger partial charge on any atom is 0.258 e. The first kappa shape index (κ1) is 21.8. The quantitative estimate of drug-likeness (QED) is 0.713. The van der Waals surface area contributed by atoms with Gasteiger partial charge in [-0.2, -0.15) is 4.31 Å². The molecule has 2 aromatic carbocycles. The Kier molecular flexibility index (Phi) is 6.34. The predicted octanol–water partition coefficient (Wildman–Crippen LogP) is 4.16. The van der Waals surface area contributed by atoms with Crippen LogP contribution >= 0.6 is 0 Å². The topological polar surface area (TPSA) is 66.9 Å². The second kappa shape index (κ2) is 9.01. The molecule has 0 saturated carbocycles. The average Bonchev–Trinajstić information content (AvgIpc) is 3.08. The molecule has 0 aromatic heterocycles. The first-order valence-electron chi connectivity index (χ1n) is 11.0. The number of ether oxygens (including phenoxy) is 1. The van der Waals surface area contributed by atoms with Crippen LogP contribution in [0.2, 0.25) is 0 Å². The number of nitrogens with zero attached hydrogens (tertiary/aromatic N) is 2. The summed E-state index contributed by atoms with van der Waals surface area (Å²) < 4.78 is 33.8. The van der Waals surface area contributed by atoms with Crippen molar-refractivity contribution in [3.05, 3.63) is 53.1 Å². The molecule has 2 aliphatic heterocycles. The Morgan fingerprint density at radius 3 is 2.42 bits per heavy atom. The Morgan fingerprint density at radius 2 is 1.71 bits per heavy atom. The number of fused-ring (bicyclic) bond motifs is 1. The third kappa shape index (κ3) is 4.21. The number of aryl methyl sites for hydroxylation is 2. The Balaban J connectivity index is 1.72. The van der Waals surface area contributed by atoms with Gasteiger partial charge in [0, 0.05) is 25.2 Å². The molecule has 2 heterocycles. The number of hydrogen-bond acceptors (Lipinski definition) is 4. The van der Waals surface area contributed by atoms with Crippen molar-refractivity contribution in [1.82, 2.24) is 4.31 Å². The molecule has 2 aromatic rings. The van der Waals surface area contributed by atoms with Gasteiger partial charge in [-0.3, -0.25) is 4.79 Å². The minimum atomic E-state index is -3.75. The van der Waals surface area contributed by atoms with Crippen molar-refractivity contribution in [2.45, 2.75) is 50.3 Å². The van der Waals surface area contributed by atoms with Gasteiger partial charge in [-0.1, -0.05) is 31.0 Å². The average molecular weight is 443 g/mol. The highest BCUT2D eigenvalue weighted by Crippen LogP contribution is 2.34. The molecule has 0 aliphatic carbocycles. The van der Waals surface area contributed by atoms with Gasteiger partial charge < -0.3 is 9.64 Å². The van der Waals surface area contributed by atoms with Gasteiger partial charge in [-0.05, 0) is 61.9 Å². The number of methoxy groups -OCH3 is 1. The van der Waals surface area contributed by atoms with Gasteiger partial charge in [0.25, 0.3) is 5.91 Å². The van der Waals surface area contributed by atoms with Gasteiger partial charge in [0.2, 0.25) is 10.0 Å². The minimum Gasteiger partial charge on any atom is -0.495 e.